The summed E-state index contributed by atoms with van der Waals surface area (Å²) in [5, 5.41) is 0. The molecule has 1 atom stereocenters. The smallest absolute Gasteiger partial charge is 0.0794 e. The van der Waals surface area contributed by atoms with E-state index < -0.39 is 0 Å². The number of hydrogen-bond acceptors (Lipinski definition) is 4. The van der Waals surface area contributed by atoms with E-state index in [2.05, 4.69) is 4.98 Å². The summed E-state index contributed by atoms with van der Waals surface area (Å²) in [5.74, 6) is 0. The normalized spacial score (nSPS) is 20.9. The summed E-state index contributed by atoms with van der Waals surface area (Å²) in [6.45, 7) is 0. The first-order chi connectivity index (χ1) is 7.24. The minimum atomic E-state index is 0.0874. The lowest BCUT2D eigenvalue weighted by molar-refractivity contribution is -0.0813. The molecule has 0 aliphatic heterocycles. The van der Waals surface area contributed by atoms with Crippen LogP contribution in [0.3, 0.4) is 0 Å². The van der Waals surface area contributed by atoms with Crippen LogP contribution in [0.15, 0.2) is 11.7 Å². The molecule has 84 valence electrons. The predicted octanol–water partition coefficient (Wildman–Crippen LogP) is 1.97. The van der Waals surface area contributed by atoms with Gasteiger partial charge in [0.1, 0.15) is 0 Å². The van der Waals surface area contributed by atoms with Gasteiger partial charge >= 0.3 is 0 Å². The van der Waals surface area contributed by atoms with Gasteiger partial charge in [-0.2, -0.15) is 0 Å². The molecule has 1 aromatic rings. The van der Waals surface area contributed by atoms with Crippen LogP contribution in [0.1, 0.15) is 30.6 Å². The summed E-state index contributed by atoms with van der Waals surface area (Å²) in [5.41, 5.74) is 8.08. The summed E-state index contributed by atoms with van der Waals surface area (Å²) < 4.78 is 5.57. The van der Waals surface area contributed by atoms with Gasteiger partial charge in [-0.05, 0) is 32.1 Å². The standard InChI is InChI=1S/C11H18N2OS/c1-14-11(3-2-4-11)6-9(12)5-10-7-13-8-15-10/h7-9H,2-6,12H2,1H3. The van der Waals surface area contributed by atoms with Gasteiger partial charge in [0, 0.05) is 24.2 Å². The summed E-state index contributed by atoms with van der Waals surface area (Å²) in [7, 11) is 1.80. The number of rotatable bonds is 5. The van der Waals surface area contributed by atoms with Crippen molar-refractivity contribution in [1.29, 1.82) is 0 Å². The third-order valence-electron chi connectivity index (χ3n) is 3.28. The lowest BCUT2D eigenvalue weighted by Gasteiger charge is -2.42. The van der Waals surface area contributed by atoms with Crippen LogP contribution in [-0.4, -0.2) is 23.7 Å². The van der Waals surface area contributed by atoms with Crippen molar-refractivity contribution < 1.29 is 4.74 Å². The number of ether oxygens (including phenoxy) is 1. The van der Waals surface area contributed by atoms with Gasteiger partial charge in [0.25, 0.3) is 0 Å². The summed E-state index contributed by atoms with van der Waals surface area (Å²) in [4.78, 5) is 5.33. The van der Waals surface area contributed by atoms with E-state index >= 15 is 0 Å². The third-order valence-corrected chi connectivity index (χ3v) is 4.08. The number of hydrogen-bond donors (Lipinski definition) is 1. The first-order valence-corrected chi connectivity index (χ1v) is 6.30. The molecule has 0 saturated heterocycles. The highest BCUT2D eigenvalue weighted by Gasteiger charge is 2.38. The largest absolute Gasteiger partial charge is 0.378 e. The van der Waals surface area contributed by atoms with Gasteiger partial charge in [-0.25, -0.2) is 0 Å². The van der Waals surface area contributed by atoms with Gasteiger partial charge in [-0.1, -0.05) is 0 Å². The molecule has 2 N–H and O–H groups in total. The van der Waals surface area contributed by atoms with Crippen LogP contribution < -0.4 is 5.73 Å². The summed E-state index contributed by atoms with van der Waals surface area (Å²) in [6.07, 6.45) is 7.42. The molecule has 1 aliphatic carbocycles. The summed E-state index contributed by atoms with van der Waals surface area (Å²) >= 11 is 1.68. The molecule has 1 aliphatic rings. The highest BCUT2D eigenvalue weighted by molar-refractivity contribution is 7.09. The van der Waals surface area contributed by atoms with Crippen LogP contribution in [0, 0.1) is 0 Å². The Morgan fingerprint density at radius 3 is 2.93 bits per heavy atom. The average Bonchev–Trinajstić information content (AvgIpc) is 2.64. The zero-order chi connectivity index (χ0) is 10.7. The molecule has 0 bridgehead atoms. The van der Waals surface area contributed by atoms with Crippen LogP contribution in [-0.2, 0) is 11.2 Å². The Bertz CT molecular complexity index is 290. The van der Waals surface area contributed by atoms with Crippen LogP contribution in [0.4, 0.5) is 0 Å². The molecule has 1 saturated carbocycles. The van der Waals surface area contributed by atoms with Gasteiger partial charge in [0.15, 0.2) is 0 Å². The van der Waals surface area contributed by atoms with E-state index in [1.54, 1.807) is 18.4 Å². The lowest BCUT2D eigenvalue weighted by Crippen LogP contribution is -2.44. The van der Waals surface area contributed by atoms with Gasteiger partial charge in [-0.15, -0.1) is 11.3 Å². The molecule has 1 heterocycles. The monoisotopic (exact) mass is 226 g/mol. The number of nitrogens with zero attached hydrogens (tertiary/aromatic N) is 1. The molecule has 1 aromatic heterocycles. The topological polar surface area (TPSA) is 48.1 Å². The molecule has 3 nitrogen and oxygen atoms in total. The quantitative estimate of drug-likeness (QED) is 0.835. The van der Waals surface area contributed by atoms with Crippen molar-refractivity contribution in [1.82, 2.24) is 4.98 Å². The van der Waals surface area contributed by atoms with Crippen LogP contribution in [0.5, 0.6) is 0 Å². The second-order valence-electron chi connectivity index (χ2n) is 4.38. The zero-order valence-corrected chi connectivity index (χ0v) is 9.93. The Kier molecular flexibility index (Phi) is 3.38. The number of aromatic nitrogens is 1. The lowest BCUT2D eigenvalue weighted by atomic mass is 9.75. The van der Waals surface area contributed by atoms with E-state index in [1.807, 2.05) is 11.7 Å². The van der Waals surface area contributed by atoms with E-state index in [0.717, 1.165) is 12.8 Å². The maximum atomic E-state index is 6.13. The molecule has 0 amide bonds. The van der Waals surface area contributed by atoms with Crippen molar-refractivity contribution >= 4 is 11.3 Å². The van der Waals surface area contributed by atoms with Gasteiger partial charge in [0.05, 0.1) is 11.1 Å². The van der Waals surface area contributed by atoms with Crippen LogP contribution >= 0.6 is 11.3 Å². The van der Waals surface area contributed by atoms with E-state index in [4.69, 9.17) is 10.5 Å². The number of methoxy groups -OCH3 is 1. The van der Waals surface area contributed by atoms with E-state index in [1.165, 1.54) is 24.1 Å². The molecule has 0 spiro atoms. The van der Waals surface area contributed by atoms with Crippen molar-refractivity contribution in [3.63, 3.8) is 0 Å². The first kappa shape index (κ1) is 11.0. The average molecular weight is 226 g/mol. The SMILES string of the molecule is COC1(CC(N)Cc2cncs2)CCC1. The van der Waals surface area contributed by atoms with Gasteiger partial charge in [0.2, 0.25) is 0 Å². The van der Waals surface area contributed by atoms with Gasteiger partial charge < -0.3 is 10.5 Å². The fourth-order valence-electron chi connectivity index (χ4n) is 2.21. The van der Waals surface area contributed by atoms with E-state index in [0.29, 0.717) is 0 Å². The van der Waals surface area contributed by atoms with Crippen LogP contribution in [0.2, 0.25) is 0 Å². The van der Waals surface area contributed by atoms with Crippen molar-refractivity contribution in [2.24, 2.45) is 5.73 Å². The Labute approximate surface area is 94.7 Å². The number of thiazole rings is 1. The Morgan fingerprint density at radius 1 is 1.67 bits per heavy atom. The molecule has 0 radical (unpaired) electrons. The second kappa shape index (κ2) is 4.60. The Hall–Kier alpha value is -0.450. The minimum absolute atomic E-state index is 0.0874. The van der Waals surface area contributed by atoms with Crippen molar-refractivity contribution in [2.75, 3.05) is 7.11 Å². The molecule has 0 aromatic carbocycles. The van der Waals surface area contributed by atoms with Crippen molar-refractivity contribution in [3.05, 3.63) is 16.6 Å². The predicted molar refractivity (Wildman–Crippen MR) is 62.0 cm³/mol. The van der Waals surface area contributed by atoms with Crippen LogP contribution in [0.25, 0.3) is 0 Å². The molecule has 4 heteroatoms. The fourth-order valence-corrected chi connectivity index (χ4v) is 2.90. The fraction of sp³-hybridized carbons (Fsp3) is 0.727. The van der Waals surface area contributed by atoms with E-state index in [-0.39, 0.29) is 11.6 Å². The zero-order valence-electron chi connectivity index (χ0n) is 9.11. The van der Waals surface area contributed by atoms with E-state index in [9.17, 15) is 0 Å². The molecule has 1 unspecified atom stereocenters. The summed E-state index contributed by atoms with van der Waals surface area (Å²) in [6, 6.07) is 0.200. The Balaban J connectivity index is 1.84. The highest BCUT2D eigenvalue weighted by Crippen LogP contribution is 2.38. The molecular formula is C11H18N2OS. The highest BCUT2D eigenvalue weighted by atomic mass is 32.1. The molecule has 2 rings (SSSR count). The molecular weight excluding hydrogens is 208 g/mol. The van der Waals surface area contributed by atoms with Crippen molar-refractivity contribution in [3.8, 4) is 0 Å². The third kappa shape index (κ3) is 2.56. The van der Waals surface area contributed by atoms with Crippen molar-refractivity contribution in [2.45, 2.75) is 43.7 Å². The maximum Gasteiger partial charge on any atom is 0.0794 e. The first-order valence-electron chi connectivity index (χ1n) is 5.42. The maximum absolute atomic E-state index is 6.13. The van der Waals surface area contributed by atoms with Gasteiger partial charge in [-0.3, -0.25) is 4.98 Å². The molecule has 15 heavy (non-hydrogen) atoms. The minimum Gasteiger partial charge on any atom is -0.378 e. The molecule has 1 fully saturated rings. The second-order valence-corrected chi connectivity index (χ2v) is 5.35. The Morgan fingerprint density at radius 2 is 2.47 bits per heavy atom. The number of nitrogens with two attached hydrogens (primary N) is 1.